The van der Waals surface area contributed by atoms with Crippen molar-refractivity contribution in [2.24, 2.45) is 0 Å². The van der Waals surface area contributed by atoms with Gasteiger partial charge in [-0.3, -0.25) is 14.6 Å². The van der Waals surface area contributed by atoms with Crippen LogP contribution in [0, 0.1) is 0 Å². The number of rotatable bonds is 4. The van der Waals surface area contributed by atoms with E-state index in [1.54, 1.807) is 31.4 Å². The molecule has 0 spiro atoms. The molecular weight excluding hydrogens is 413 g/mol. The van der Waals surface area contributed by atoms with E-state index in [9.17, 15) is 22.8 Å². The van der Waals surface area contributed by atoms with Crippen molar-refractivity contribution in [3.8, 4) is 11.6 Å². The average molecular weight is 430 g/mol. The molecule has 3 aromatic rings. The number of nitrogens with one attached hydrogen (secondary N) is 1. The van der Waals surface area contributed by atoms with Crippen LogP contribution < -0.4 is 10.1 Å². The molecule has 31 heavy (non-hydrogen) atoms. The molecule has 2 aromatic heterocycles. The Kier molecular flexibility index (Phi) is 5.22. The minimum Gasteiger partial charge on any atom is -0.439 e. The highest BCUT2D eigenvalue weighted by molar-refractivity contribution is 6.04. The Morgan fingerprint density at radius 3 is 2.68 bits per heavy atom. The van der Waals surface area contributed by atoms with Crippen LogP contribution in [0.5, 0.6) is 11.6 Å². The third-order valence-corrected chi connectivity index (χ3v) is 5.02. The van der Waals surface area contributed by atoms with Gasteiger partial charge in [-0.2, -0.15) is 13.2 Å². The predicted octanol–water partition coefficient (Wildman–Crippen LogP) is 4.00. The first-order valence-corrected chi connectivity index (χ1v) is 9.39. The van der Waals surface area contributed by atoms with Gasteiger partial charge in [-0.25, -0.2) is 4.98 Å². The number of carbonyl (C=O) groups is 2. The van der Waals surface area contributed by atoms with Crippen LogP contribution in [-0.4, -0.2) is 39.8 Å². The molecule has 160 valence electrons. The van der Waals surface area contributed by atoms with Gasteiger partial charge in [0.1, 0.15) is 11.8 Å². The molecule has 3 heterocycles. The molecule has 1 aliphatic heterocycles. The Balaban J connectivity index is 1.62. The number of amides is 2. The van der Waals surface area contributed by atoms with E-state index < -0.39 is 17.8 Å². The molecule has 0 saturated carbocycles. The maximum Gasteiger partial charge on any atom is 0.417 e. The molecule has 1 aliphatic rings. The summed E-state index contributed by atoms with van der Waals surface area (Å²) in [6.45, 7) is 0. The number of likely N-dealkylation sites (tertiary alicyclic amines) is 1. The number of likely N-dealkylation sites (N-methyl/N-ethyl adjacent to an activating group) is 1. The van der Waals surface area contributed by atoms with Crippen LogP contribution in [0.25, 0.3) is 10.9 Å². The number of pyridine rings is 2. The highest BCUT2D eigenvalue weighted by Gasteiger charge is 2.33. The molecule has 1 unspecified atom stereocenters. The highest BCUT2D eigenvalue weighted by Crippen LogP contribution is 2.33. The lowest BCUT2D eigenvalue weighted by atomic mass is 10.1. The second-order valence-corrected chi connectivity index (χ2v) is 7.08. The first kappa shape index (κ1) is 20.6. The number of fused-ring (bicyclic) bond motifs is 1. The lowest BCUT2D eigenvalue weighted by Gasteiger charge is -2.20. The van der Waals surface area contributed by atoms with Gasteiger partial charge < -0.3 is 15.0 Å². The van der Waals surface area contributed by atoms with Gasteiger partial charge in [-0.05, 0) is 24.6 Å². The first-order valence-electron chi connectivity index (χ1n) is 9.39. The van der Waals surface area contributed by atoms with Crippen LogP contribution in [0.2, 0.25) is 0 Å². The van der Waals surface area contributed by atoms with E-state index in [0.717, 1.165) is 12.1 Å². The van der Waals surface area contributed by atoms with Crippen molar-refractivity contribution >= 4 is 28.4 Å². The zero-order valence-electron chi connectivity index (χ0n) is 16.3. The predicted molar refractivity (Wildman–Crippen MR) is 105 cm³/mol. The zero-order valence-corrected chi connectivity index (χ0v) is 16.3. The van der Waals surface area contributed by atoms with Gasteiger partial charge in [0.2, 0.25) is 17.7 Å². The second-order valence-electron chi connectivity index (χ2n) is 7.08. The van der Waals surface area contributed by atoms with Gasteiger partial charge in [0.25, 0.3) is 0 Å². The summed E-state index contributed by atoms with van der Waals surface area (Å²) < 4.78 is 43.8. The topological polar surface area (TPSA) is 84.4 Å². The summed E-state index contributed by atoms with van der Waals surface area (Å²) in [5.41, 5.74) is -0.0148. The quantitative estimate of drug-likeness (QED) is 0.677. The summed E-state index contributed by atoms with van der Waals surface area (Å²) in [5, 5.41) is 3.44. The van der Waals surface area contributed by atoms with Gasteiger partial charge in [0.15, 0.2) is 0 Å². The smallest absolute Gasteiger partial charge is 0.417 e. The molecule has 1 aromatic carbocycles. The summed E-state index contributed by atoms with van der Waals surface area (Å²) in [6, 6.07) is 8.03. The van der Waals surface area contributed by atoms with Crippen molar-refractivity contribution in [3.05, 3.63) is 54.4 Å². The largest absolute Gasteiger partial charge is 0.439 e. The summed E-state index contributed by atoms with van der Waals surface area (Å²) in [5.74, 6) is -0.229. The summed E-state index contributed by atoms with van der Waals surface area (Å²) >= 11 is 0. The van der Waals surface area contributed by atoms with Crippen molar-refractivity contribution in [3.63, 3.8) is 0 Å². The molecule has 1 saturated heterocycles. The molecule has 0 radical (unpaired) electrons. The Bertz CT molecular complexity index is 1150. The minimum atomic E-state index is -4.49. The van der Waals surface area contributed by atoms with Crippen LogP contribution in [-0.2, 0) is 15.8 Å². The van der Waals surface area contributed by atoms with Crippen molar-refractivity contribution in [1.82, 2.24) is 14.9 Å². The lowest BCUT2D eigenvalue weighted by Crippen LogP contribution is -2.38. The fourth-order valence-electron chi connectivity index (χ4n) is 3.38. The lowest BCUT2D eigenvalue weighted by molar-refractivity contribution is -0.137. The maximum absolute atomic E-state index is 12.7. The molecule has 1 atom stereocenters. The first-order chi connectivity index (χ1) is 14.7. The van der Waals surface area contributed by atoms with Gasteiger partial charge in [0.05, 0.1) is 16.8 Å². The zero-order chi connectivity index (χ0) is 22.2. The van der Waals surface area contributed by atoms with Crippen LogP contribution >= 0.6 is 0 Å². The van der Waals surface area contributed by atoms with Crippen molar-refractivity contribution in [2.45, 2.75) is 25.1 Å². The maximum atomic E-state index is 12.7. The van der Waals surface area contributed by atoms with E-state index >= 15 is 0 Å². The van der Waals surface area contributed by atoms with Gasteiger partial charge in [-0.1, -0.05) is 6.07 Å². The van der Waals surface area contributed by atoms with Crippen LogP contribution in [0.15, 0.2) is 48.8 Å². The third-order valence-electron chi connectivity index (χ3n) is 5.02. The van der Waals surface area contributed by atoms with E-state index in [4.69, 9.17) is 4.74 Å². The SMILES string of the molecule is CN1C(=O)CCC1C(=O)Nc1cc(Oc2ccc(C(F)(F)F)cn2)cc2cccnc12. The molecular formula is C21H17F3N4O3. The van der Waals surface area contributed by atoms with Crippen LogP contribution in [0.1, 0.15) is 18.4 Å². The van der Waals surface area contributed by atoms with Crippen LogP contribution in [0.3, 0.4) is 0 Å². The number of aromatic nitrogens is 2. The Morgan fingerprint density at radius 2 is 2.03 bits per heavy atom. The fourth-order valence-corrected chi connectivity index (χ4v) is 3.38. The molecule has 0 aliphatic carbocycles. The standard InChI is InChI=1S/C21H17F3N4O3/c1-28-16(5-7-18(28)29)20(30)27-15-10-14(9-12-3-2-8-25-19(12)15)31-17-6-4-13(11-26-17)21(22,23)24/h2-4,6,8-11,16H,5,7H2,1H3,(H,27,30). The van der Waals surface area contributed by atoms with E-state index in [1.807, 2.05) is 0 Å². The molecule has 0 bridgehead atoms. The number of ether oxygens (including phenoxy) is 1. The van der Waals surface area contributed by atoms with Crippen molar-refractivity contribution in [1.29, 1.82) is 0 Å². The van der Waals surface area contributed by atoms with E-state index in [2.05, 4.69) is 15.3 Å². The molecule has 10 heteroatoms. The second kappa shape index (κ2) is 7.86. The monoisotopic (exact) mass is 430 g/mol. The third kappa shape index (κ3) is 4.27. The molecule has 2 amide bonds. The number of nitrogens with zero attached hydrogens (tertiary/aromatic N) is 3. The van der Waals surface area contributed by atoms with E-state index in [-0.39, 0.29) is 23.4 Å². The molecule has 1 fully saturated rings. The summed E-state index contributed by atoms with van der Waals surface area (Å²) in [7, 11) is 1.58. The van der Waals surface area contributed by atoms with Crippen LogP contribution in [0.4, 0.5) is 18.9 Å². The number of anilines is 1. The molecule has 1 N–H and O–H groups in total. The fraction of sp³-hybridized carbons (Fsp3) is 0.238. The Hall–Kier alpha value is -3.69. The van der Waals surface area contributed by atoms with Gasteiger partial charge in [-0.15, -0.1) is 0 Å². The number of alkyl halides is 3. The number of benzene rings is 1. The molecule has 4 rings (SSSR count). The number of carbonyl (C=O) groups excluding carboxylic acids is 2. The Labute approximate surface area is 174 Å². The average Bonchev–Trinajstić information content (AvgIpc) is 3.06. The molecule has 7 nitrogen and oxygen atoms in total. The van der Waals surface area contributed by atoms with E-state index in [0.29, 0.717) is 35.6 Å². The van der Waals surface area contributed by atoms with E-state index in [1.165, 1.54) is 11.0 Å². The van der Waals surface area contributed by atoms with Crippen molar-refractivity contribution < 1.29 is 27.5 Å². The number of hydrogen-bond acceptors (Lipinski definition) is 5. The summed E-state index contributed by atoms with van der Waals surface area (Å²) in [4.78, 5) is 33.8. The highest BCUT2D eigenvalue weighted by atomic mass is 19.4. The number of halogens is 3. The Morgan fingerprint density at radius 1 is 1.23 bits per heavy atom. The van der Waals surface area contributed by atoms with Gasteiger partial charge >= 0.3 is 6.18 Å². The number of hydrogen-bond donors (Lipinski definition) is 1. The minimum absolute atomic E-state index is 0.0327. The van der Waals surface area contributed by atoms with Crippen molar-refractivity contribution in [2.75, 3.05) is 12.4 Å². The normalized spacial score (nSPS) is 16.6. The summed E-state index contributed by atoms with van der Waals surface area (Å²) in [6.07, 6.45) is -1.52. The van der Waals surface area contributed by atoms with Gasteiger partial charge in [0, 0.05) is 43.4 Å².